The first-order valence-electron chi connectivity index (χ1n) is 13.2. The van der Waals surface area contributed by atoms with E-state index in [0.717, 1.165) is 12.8 Å². The lowest BCUT2D eigenvalue weighted by atomic mass is 9.80. The first kappa shape index (κ1) is 33.3. The van der Waals surface area contributed by atoms with Crippen LogP contribution in [0, 0.1) is 27.6 Å². The molecular formula is C29H54N2O4. The molecule has 1 N–H and O–H groups in total. The Labute approximate surface area is 215 Å². The molecule has 0 radical (unpaired) electrons. The van der Waals surface area contributed by atoms with E-state index in [2.05, 4.69) is 26.1 Å². The number of nitrogens with zero attached hydrogens (tertiary/aromatic N) is 1. The molecule has 1 atom stereocenters. The van der Waals surface area contributed by atoms with Crippen molar-refractivity contribution in [2.45, 2.75) is 122 Å². The maximum Gasteiger partial charge on any atom is 0.233 e. The van der Waals surface area contributed by atoms with Gasteiger partial charge in [0.2, 0.25) is 17.7 Å². The van der Waals surface area contributed by atoms with Crippen molar-refractivity contribution in [2.75, 3.05) is 13.1 Å². The highest BCUT2D eigenvalue weighted by molar-refractivity contribution is 6.03. The van der Waals surface area contributed by atoms with E-state index in [0.29, 0.717) is 31.3 Å². The van der Waals surface area contributed by atoms with E-state index in [9.17, 15) is 19.2 Å². The van der Waals surface area contributed by atoms with Crippen LogP contribution in [0.15, 0.2) is 0 Å². The van der Waals surface area contributed by atoms with Crippen molar-refractivity contribution >= 4 is 23.5 Å². The van der Waals surface area contributed by atoms with Gasteiger partial charge in [-0.3, -0.25) is 24.1 Å². The second-order valence-electron chi connectivity index (χ2n) is 14.3. The number of hydrogen-bond donors (Lipinski definition) is 1. The van der Waals surface area contributed by atoms with Crippen LogP contribution in [0.25, 0.3) is 0 Å². The molecule has 204 valence electrons. The van der Waals surface area contributed by atoms with Crippen molar-refractivity contribution in [3.63, 3.8) is 0 Å². The van der Waals surface area contributed by atoms with Crippen LogP contribution in [0.3, 0.4) is 0 Å². The van der Waals surface area contributed by atoms with E-state index in [1.165, 1.54) is 17.7 Å². The van der Waals surface area contributed by atoms with Gasteiger partial charge in [-0.05, 0) is 23.7 Å². The highest BCUT2D eigenvalue weighted by Gasteiger charge is 2.44. The van der Waals surface area contributed by atoms with Crippen LogP contribution in [-0.4, -0.2) is 41.5 Å². The standard InChI is InChI=1S/C17H31NO2.C12H23NO2/c1-16(2,3)10-8-7-9-11-18-14(19)12-13(15(18)20)17(4,5)6;1-11(2,3)9(14)7-8-13-10(15)12(4,5)6/h13H,7-12H2,1-6H3;7-8H2,1-6H3,(H,13,15). The molecule has 3 amide bonds. The summed E-state index contributed by atoms with van der Waals surface area (Å²) in [7, 11) is 0. The second kappa shape index (κ2) is 13.0. The molecule has 1 heterocycles. The normalized spacial score (nSPS) is 17.3. The zero-order chi connectivity index (χ0) is 27.8. The van der Waals surface area contributed by atoms with E-state index >= 15 is 0 Å². The molecule has 0 spiro atoms. The Bertz CT molecular complexity index is 702. The first-order chi connectivity index (χ1) is 15.6. The second-order valence-corrected chi connectivity index (χ2v) is 14.3. The molecule has 1 aliphatic heterocycles. The molecule has 6 nitrogen and oxygen atoms in total. The maximum absolute atomic E-state index is 12.3. The third-order valence-electron chi connectivity index (χ3n) is 6.25. The van der Waals surface area contributed by atoms with Gasteiger partial charge in [-0.1, -0.05) is 95.9 Å². The van der Waals surface area contributed by atoms with Crippen LogP contribution >= 0.6 is 0 Å². The SMILES string of the molecule is CC(C)(C)C(=O)CCNC(=O)C(C)(C)C.CC(C)(C)CCCCCN1C(=O)CC(C(C)(C)C)C1=O. The van der Waals surface area contributed by atoms with E-state index in [1.807, 2.05) is 62.3 Å². The number of likely N-dealkylation sites (tertiary alicyclic amines) is 1. The van der Waals surface area contributed by atoms with Crippen molar-refractivity contribution < 1.29 is 19.2 Å². The van der Waals surface area contributed by atoms with Crippen molar-refractivity contribution in [1.29, 1.82) is 0 Å². The summed E-state index contributed by atoms with van der Waals surface area (Å²) in [5.74, 6) is 0.0922. The van der Waals surface area contributed by atoms with Gasteiger partial charge in [-0.15, -0.1) is 0 Å². The third kappa shape index (κ3) is 13.2. The van der Waals surface area contributed by atoms with Crippen molar-refractivity contribution in [3.05, 3.63) is 0 Å². The quantitative estimate of drug-likeness (QED) is 0.323. The highest BCUT2D eigenvalue weighted by Crippen LogP contribution is 2.35. The summed E-state index contributed by atoms with van der Waals surface area (Å²) >= 11 is 0. The molecule has 0 aromatic heterocycles. The van der Waals surface area contributed by atoms with Gasteiger partial charge in [-0.25, -0.2) is 0 Å². The van der Waals surface area contributed by atoms with Gasteiger partial charge in [0.05, 0.1) is 5.92 Å². The Kier molecular flexibility index (Phi) is 12.4. The average molecular weight is 495 g/mol. The number of unbranched alkanes of at least 4 members (excludes halogenated alkanes) is 2. The smallest absolute Gasteiger partial charge is 0.233 e. The molecule has 1 unspecified atom stereocenters. The number of amides is 3. The highest BCUT2D eigenvalue weighted by atomic mass is 16.2. The zero-order valence-corrected chi connectivity index (χ0v) is 24.8. The molecular weight excluding hydrogens is 440 g/mol. The lowest BCUT2D eigenvalue weighted by molar-refractivity contribution is -0.140. The number of carbonyl (C=O) groups excluding carboxylic acids is 4. The minimum atomic E-state index is -0.384. The van der Waals surface area contributed by atoms with E-state index in [1.54, 1.807) is 0 Å². The van der Waals surface area contributed by atoms with Crippen LogP contribution in [0.2, 0.25) is 0 Å². The largest absolute Gasteiger partial charge is 0.355 e. The monoisotopic (exact) mass is 494 g/mol. The van der Waals surface area contributed by atoms with Crippen LogP contribution in [0.4, 0.5) is 0 Å². The van der Waals surface area contributed by atoms with Crippen LogP contribution in [0.5, 0.6) is 0 Å². The number of nitrogens with one attached hydrogen (secondary N) is 1. The summed E-state index contributed by atoms with van der Waals surface area (Å²) in [6.45, 7) is 25.1. The molecule has 0 saturated carbocycles. The average Bonchev–Trinajstić information content (AvgIpc) is 2.94. The van der Waals surface area contributed by atoms with E-state index < -0.39 is 0 Å². The Morgan fingerprint density at radius 3 is 1.77 bits per heavy atom. The Balaban J connectivity index is 0.000000691. The predicted octanol–water partition coefficient (Wildman–Crippen LogP) is 6.17. The fraction of sp³-hybridized carbons (Fsp3) is 0.862. The van der Waals surface area contributed by atoms with Crippen LogP contribution in [-0.2, 0) is 19.2 Å². The fourth-order valence-corrected chi connectivity index (χ4v) is 3.63. The Hall–Kier alpha value is -1.72. The molecule has 35 heavy (non-hydrogen) atoms. The zero-order valence-electron chi connectivity index (χ0n) is 24.8. The topological polar surface area (TPSA) is 83.6 Å². The Morgan fingerprint density at radius 1 is 0.829 bits per heavy atom. The Morgan fingerprint density at radius 2 is 1.37 bits per heavy atom. The predicted molar refractivity (Wildman–Crippen MR) is 144 cm³/mol. The summed E-state index contributed by atoms with van der Waals surface area (Å²) in [5, 5.41) is 2.77. The lowest BCUT2D eigenvalue weighted by Crippen LogP contribution is -2.37. The minimum Gasteiger partial charge on any atom is -0.355 e. The van der Waals surface area contributed by atoms with Crippen molar-refractivity contribution in [2.24, 2.45) is 27.6 Å². The number of imide groups is 1. The summed E-state index contributed by atoms with van der Waals surface area (Å²) < 4.78 is 0. The van der Waals surface area contributed by atoms with Gasteiger partial charge >= 0.3 is 0 Å². The van der Waals surface area contributed by atoms with Gasteiger partial charge in [0.1, 0.15) is 5.78 Å². The summed E-state index contributed by atoms with van der Waals surface area (Å²) in [5.41, 5.74) is -0.443. The van der Waals surface area contributed by atoms with Crippen molar-refractivity contribution in [1.82, 2.24) is 10.2 Å². The summed E-state index contributed by atoms with van der Waals surface area (Å²) in [6.07, 6.45) is 5.19. The summed E-state index contributed by atoms with van der Waals surface area (Å²) in [6, 6.07) is 0. The summed E-state index contributed by atoms with van der Waals surface area (Å²) in [4.78, 5) is 48.8. The molecule has 1 rings (SSSR count). The number of rotatable bonds is 8. The third-order valence-corrected chi connectivity index (χ3v) is 6.25. The first-order valence-corrected chi connectivity index (χ1v) is 13.2. The molecule has 0 aromatic carbocycles. The van der Waals surface area contributed by atoms with Gasteiger partial charge < -0.3 is 5.32 Å². The van der Waals surface area contributed by atoms with Gasteiger partial charge in [0.25, 0.3) is 0 Å². The molecule has 0 aromatic rings. The number of carbonyl (C=O) groups is 4. The van der Waals surface area contributed by atoms with Crippen LogP contribution < -0.4 is 5.32 Å². The van der Waals surface area contributed by atoms with Gasteiger partial charge in [0, 0.05) is 36.8 Å². The molecule has 6 heteroatoms. The van der Waals surface area contributed by atoms with Crippen molar-refractivity contribution in [3.8, 4) is 0 Å². The molecule has 1 aliphatic rings. The van der Waals surface area contributed by atoms with E-state index in [4.69, 9.17) is 0 Å². The minimum absolute atomic E-state index is 0.00999. The lowest BCUT2D eigenvalue weighted by Gasteiger charge is -2.25. The van der Waals surface area contributed by atoms with Crippen LogP contribution in [0.1, 0.15) is 122 Å². The van der Waals surface area contributed by atoms with E-state index in [-0.39, 0.29) is 45.7 Å². The number of Topliss-reactive ketones (excluding diaryl/α,β-unsaturated/α-hetero) is 1. The van der Waals surface area contributed by atoms with Gasteiger partial charge in [-0.2, -0.15) is 0 Å². The molecule has 1 saturated heterocycles. The number of ketones is 1. The fourth-order valence-electron chi connectivity index (χ4n) is 3.63. The van der Waals surface area contributed by atoms with Gasteiger partial charge in [0.15, 0.2) is 0 Å². The molecule has 0 bridgehead atoms. The maximum atomic E-state index is 12.3. The molecule has 1 fully saturated rings. The molecule has 0 aliphatic carbocycles. The number of hydrogen-bond acceptors (Lipinski definition) is 4.